The van der Waals surface area contributed by atoms with Crippen LogP contribution >= 0.6 is 0 Å². The van der Waals surface area contributed by atoms with Gasteiger partial charge in [-0.15, -0.1) is 0 Å². The van der Waals surface area contributed by atoms with Gasteiger partial charge >= 0.3 is 0 Å². The summed E-state index contributed by atoms with van der Waals surface area (Å²) >= 11 is 0. The molecular formula is C17H24N2O2. The molecule has 0 saturated heterocycles. The van der Waals surface area contributed by atoms with E-state index in [1.807, 2.05) is 29.2 Å². The molecule has 1 aromatic carbocycles. The highest BCUT2D eigenvalue weighted by Gasteiger charge is 2.38. The molecule has 0 bridgehead atoms. The third-order valence-corrected chi connectivity index (χ3v) is 5.02. The predicted octanol–water partition coefficient (Wildman–Crippen LogP) is 2.57. The van der Waals surface area contributed by atoms with Crippen molar-refractivity contribution < 1.29 is 9.53 Å². The van der Waals surface area contributed by atoms with E-state index >= 15 is 0 Å². The van der Waals surface area contributed by atoms with E-state index in [1.54, 1.807) is 0 Å². The number of benzene rings is 1. The molecule has 1 aliphatic heterocycles. The second kappa shape index (κ2) is 6.06. The van der Waals surface area contributed by atoms with Crippen molar-refractivity contribution in [3.05, 3.63) is 24.3 Å². The monoisotopic (exact) mass is 288 g/mol. The van der Waals surface area contributed by atoms with Crippen LogP contribution in [0.3, 0.4) is 0 Å². The third kappa shape index (κ3) is 2.64. The maximum Gasteiger partial charge on any atom is 0.265 e. The second-order valence-electron chi connectivity index (χ2n) is 6.17. The van der Waals surface area contributed by atoms with E-state index in [0.717, 1.165) is 24.3 Å². The summed E-state index contributed by atoms with van der Waals surface area (Å²) in [6, 6.07) is 8.04. The normalized spacial score (nSPS) is 29.0. The number of para-hydroxylation sites is 2. The van der Waals surface area contributed by atoms with Crippen LogP contribution in [0.4, 0.5) is 5.69 Å². The van der Waals surface area contributed by atoms with Gasteiger partial charge in [-0.25, -0.2) is 0 Å². The quantitative estimate of drug-likeness (QED) is 0.930. The Balaban J connectivity index is 1.94. The van der Waals surface area contributed by atoms with E-state index < -0.39 is 0 Å². The minimum Gasteiger partial charge on any atom is -0.482 e. The van der Waals surface area contributed by atoms with Crippen molar-refractivity contribution in [2.24, 2.45) is 17.6 Å². The average Bonchev–Trinajstić information content (AvgIpc) is 2.54. The fourth-order valence-electron chi connectivity index (χ4n) is 3.74. The topological polar surface area (TPSA) is 55.6 Å². The highest BCUT2D eigenvalue weighted by atomic mass is 16.5. The minimum absolute atomic E-state index is 0.0638. The van der Waals surface area contributed by atoms with Gasteiger partial charge in [0.05, 0.1) is 5.69 Å². The van der Waals surface area contributed by atoms with E-state index in [-0.39, 0.29) is 18.6 Å². The zero-order chi connectivity index (χ0) is 14.8. The maximum absolute atomic E-state index is 12.5. The summed E-state index contributed by atoms with van der Waals surface area (Å²) in [4.78, 5) is 14.4. The smallest absolute Gasteiger partial charge is 0.265 e. The van der Waals surface area contributed by atoms with Crippen molar-refractivity contribution >= 4 is 11.6 Å². The molecule has 1 saturated carbocycles. The van der Waals surface area contributed by atoms with Gasteiger partial charge in [-0.2, -0.15) is 0 Å². The zero-order valence-electron chi connectivity index (χ0n) is 12.6. The number of hydrogen-bond acceptors (Lipinski definition) is 3. The first-order valence-electron chi connectivity index (χ1n) is 7.98. The van der Waals surface area contributed by atoms with Crippen LogP contribution in [0.25, 0.3) is 0 Å². The van der Waals surface area contributed by atoms with Gasteiger partial charge in [-0.05, 0) is 49.8 Å². The van der Waals surface area contributed by atoms with Gasteiger partial charge in [0.1, 0.15) is 5.75 Å². The number of nitrogens with zero attached hydrogens (tertiary/aromatic N) is 1. The Bertz CT molecular complexity index is 517. The van der Waals surface area contributed by atoms with Gasteiger partial charge in [-0.3, -0.25) is 4.79 Å². The lowest BCUT2D eigenvalue weighted by Crippen LogP contribution is -2.52. The number of amides is 1. The van der Waals surface area contributed by atoms with Crippen LogP contribution in [0.2, 0.25) is 0 Å². The summed E-state index contributed by atoms with van der Waals surface area (Å²) in [7, 11) is 0. The van der Waals surface area contributed by atoms with Gasteiger partial charge in [0.15, 0.2) is 6.61 Å². The lowest BCUT2D eigenvalue weighted by Gasteiger charge is -2.44. The Kier molecular flexibility index (Phi) is 4.15. The standard InChI is InChI=1S/C17H24N2O2/c1-2-12-7-8-13(10-18)15(9-12)19-14-5-3-4-6-16(14)21-11-17(19)20/h3-6,12-13,15H,2,7-11,18H2,1H3. The van der Waals surface area contributed by atoms with Crippen molar-refractivity contribution in [2.45, 2.75) is 38.6 Å². The Morgan fingerprint density at radius 3 is 2.90 bits per heavy atom. The number of carbonyl (C=O) groups excluding carboxylic acids is 1. The average molecular weight is 288 g/mol. The first kappa shape index (κ1) is 14.4. The van der Waals surface area contributed by atoms with Gasteiger partial charge in [0.2, 0.25) is 0 Å². The van der Waals surface area contributed by atoms with Crippen molar-refractivity contribution in [3.63, 3.8) is 0 Å². The number of rotatable bonds is 3. The molecule has 0 radical (unpaired) electrons. The molecule has 3 atom stereocenters. The van der Waals surface area contributed by atoms with Crippen molar-refractivity contribution in [1.82, 2.24) is 0 Å². The van der Waals surface area contributed by atoms with Crippen LogP contribution < -0.4 is 15.4 Å². The van der Waals surface area contributed by atoms with E-state index in [1.165, 1.54) is 12.8 Å². The Labute approximate surface area is 126 Å². The van der Waals surface area contributed by atoms with Gasteiger partial charge in [0, 0.05) is 6.04 Å². The summed E-state index contributed by atoms with van der Waals surface area (Å²) < 4.78 is 5.56. The molecule has 4 heteroatoms. The van der Waals surface area contributed by atoms with E-state index in [2.05, 4.69) is 6.92 Å². The largest absolute Gasteiger partial charge is 0.482 e. The molecule has 114 valence electrons. The van der Waals surface area contributed by atoms with Crippen LogP contribution in [0.15, 0.2) is 24.3 Å². The molecule has 4 nitrogen and oxygen atoms in total. The minimum atomic E-state index is 0.0638. The van der Waals surface area contributed by atoms with E-state index in [4.69, 9.17) is 10.5 Å². The Hall–Kier alpha value is -1.55. The lowest BCUT2D eigenvalue weighted by atomic mass is 9.76. The van der Waals surface area contributed by atoms with Crippen LogP contribution in [0.1, 0.15) is 32.6 Å². The Morgan fingerprint density at radius 1 is 1.33 bits per heavy atom. The number of anilines is 1. The first-order chi connectivity index (χ1) is 10.2. The van der Waals surface area contributed by atoms with Crippen LogP contribution in [-0.4, -0.2) is 25.1 Å². The molecule has 2 aliphatic rings. The number of hydrogen-bond donors (Lipinski definition) is 1. The molecule has 3 rings (SSSR count). The maximum atomic E-state index is 12.5. The van der Waals surface area contributed by atoms with Gasteiger partial charge in [0.25, 0.3) is 5.91 Å². The van der Waals surface area contributed by atoms with Crippen molar-refractivity contribution in [3.8, 4) is 5.75 Å². The van der Waals surface area contributed by atoms with Crippen LogP contribution in [0, 0.1) is 11.8 Å². The van der Waals surface area contributed by atoms with E-state index in [9.17, 15) is 4.79 Å². The molecule has 3 unspecified atom stereocenters. The molecule has 1 aromatic rings. The number of fused-ring (bicyclic) bond motifs is 1. The third-order valence-electron chi connectivity index (χ3n) is 5.02. The summed E-state index contributed by atoms with van der Waals surface area (Å²) in [6.45, 7) is 3.02. The molecule has 2 N–H and O–H groups in total. The first-order valence-corrected chi connectivity index (χ1v) is 7.98. The number of nitrogens with two attached hydrogens (primary N) is 1. The highest BCUT2D eigenvalue weighted by Crippen LogP contribution is 2.40. The molecular weight excluding hydrogens is 264 g/mol. The number of carbonyl (C=O) groups is 1. The molecule has 1 fully saturated rings. The van der Waals surface area contributed by atoms with Crippen molar-refractivity contribution in [2.75, 3.05) is 18.1 Å². The van der Waals surface area contributed by atoms with Gasteiger partial charge in [-0.1, -0.05) is 25.5 Å². The summed E-state index contributed by atoms with van der Waals surface area (Å²) in [5, 5.41) is 0. The number of ether oxygens (including phenoxy) is 1. The van der Waals surface area contributed by atoms with Gasteiger partial charge < -0.3 is 15.4 Å². The van der Waals surface area contributed by atoms with Crippen LogP contribution in [-0.2, 0) is 4.79 Å². The van der Waals surface area contributed by atoms with Crippen LogP contribution in [0.5, 0.6) is 5.75 Å². The van der Waals surface area contributed by atoms with E-state index in [0.29, 0.717) is 18.4 Å². The zero-order valence-corrected chi connectivity index (χ0v) is 12.6. The molecule has 21 heavy (non-hydrogen) atoms. The van der Waals surface area contributed by atoms with Crippen molar-refractivity contribution in [1.29, 1.82) is 0 Å². The predicted molar refractivity (Wildman–Crippen MR) is 83.4 cm³/mol. The summed E-state index contributed by atoms with van der Waals surface area (Å²) in [5.41, 5.74) is 6.89. The molecule has 1 amide bonds. The SMILES string of the molecule is CCC1CCC(CN)C(N2C(=O)COc3ccccc32)C1. The Morgan fingerprint density at radius 2 is 2.14 bits per heavy atom. The fourth-order valence-corrected chi connectivity index (χ4v) is 3.74. The summed E-state index contributed by atoms with van der Waals surface area (Å²) in [6.07, 6.45) is 4.58. The molecule has 1 aliphatic carbocycles. The molecule has 0 aromatic heterocycles. The molecule has 1 heterocycles. The fraction of sp³-hybridized carbons (Fsp3) is 0.588. The highest BCUT2D eigenvalue weighted by molar-refractivity contribution is 5.98. The summed E-state index contributed by atoms with van der Waals surface area (Å²) in [5.74, 6) is 1.96. The second-order valence-corrected chi connectivity index (χ2v) is 6.17. The lowest BCUT2D eigenvalue weighted by molar-refractivity contribution is -0.122. The molecule has 0 spiro atoms.